The molecule has 0 aromatic heterocycles. The van der Waals surface area contributed by atoms with Crippen molar-refractivity contribution < 1.29 is 29.6 Å². The van der Waals surface area contributed by atoms with Crippen LogP contribution in [0.3, 0.4) is 0 Å². The van der Waals surface area contributed by atoms with Crippen molar-refractivity contribution in [2.45, 2.75) is 24.6 Å². The Bertz CT molecular complexity index is 684. The summed E-state index contributed by atoms with van der Waals surface area (Å²) < 4.78 is 10.6. The van der Waals surface area contributed by atoms with Crippen LogP contribution in [-0.2, 0) is 4.74 Å². The fourth-order valence-corrected chi connectivity index (χ4v) is 2.46. The Kier molecular flexibility index (Phi) is 4.92. The summed E-state index contributed by atoms with van der Waals surface area (Å²) in [6, 6.07) is 15.3. The Morgan fingerprint density at radius 3 is 2.21 bits per heavy atom. The van der Waals surface area contributed by atoms with Crippen molar-refractivity contribution >= 4 is 5.78 Å². The minimum atomic E-state index is -1.36. The molecule has 0 spiro atoms. The van der Waals surface area contributed by atoms with Crippen LogP contribution in [0.5, 0.6) is 5.75 Å². The number of hydrogen-bond donors (Lipinski definition) is 3. The van der Waals surface area contributed by atoms with Gasteiger partial charge in [0.25, 0.3) is 0 Å². The van der Waals surface area contributed by atoms with Crippen molar-refractivity contribution in [2.75, 3.05) is 6.61 Å². The number of rotatable bonds is 4. The van der Waals surface area contributed by atoms with E-state index in [2.05, 4.69) is 0 Å². The Hall–Kier alpha value is -2.25. The van der Waals surface area contributed by atoms with Gasteiger partial charge in [-0.05, 0) is 24.3 Å². The Balaban J connectivity index is 1.68. The van der Waals surface area contributed by atoms with Crippen LogP contribution in [-0.4, -0.2) is 52.3 Å². The molecule has 0 amide bonds. The highest BCUT2D eigenvalue weighted by Crippen LogP contribution is 2.21. The lowest BCUT2D eigenvalue weighted by molar-refractivity contribution is -0.242. The molecule has 1 aliphatic rings. The first-order chi connectivity index (χ1) is 11.6. The Morgan fingerprint density at radius 1 is 0.917 bits per heavy atom. The Morgan fingerprint density at radius 2 is 1.54 bits per heavy atom. The van der Waals surface area contributed by atoms with Crippen LogP contribution in [0.4, 0.5) is 0 Å². The van der Waals surface area contributed by atoms with E-state index in [4.69, 9.17) is 9.47 Å². The lowest BCUT2D eigenvalue weighted by atomic mass is 10.0. The molecule has 1 fully saturated rings. The van der Waals surface area contributed by atoms with Gasteiger partial charge in [-0.15, -0.1) is 0 Å². The van der Waals surface area contributed by atoms with E-state index >= 15 is 0 Å². The summed E-state index contributed by atoms with van der Waals surface area (Å²) in [7, 11) is 0. The Labute approximate surface area is 138 Å². The van der Waals surface area contributed by atoms with E-state index in [0.29, 0.717) is 16.9 Å². The second-order valence-corrected chi connectivity index (χ2v) is 5.59. The zero-order valence-corrected chi connectivity index (χ0v) is 12.8. The highest BCUT2D eigenvalue weighted by Gasteiger charge is 2.38. The molecular weight excluding hydrogens is 312 g/mol. The number of aliphatic hydroxyl groups excluding tert-OH is 3. The minimum Gasteiger partial charge on any atom is -0.462 e. The molecule has 4 atom stereocenters. The lowest BCUT2D eigenvalue weighted by Crippen LogP contribution is -2.54. The van der Waals surface area contributed by atoms with E-state index in [9.17, 15) is 20.1 Å². The molecule has 6 nitrogen and oxygen atoms in total. The summed E-state index contributed by atoms with van der Waals surface area (Å²) >= 11 is 0. The molecule has 0 bridgehead atoms. The molecule has 1 heterocycles. The molecule has 3 rings (SSSR count). The predicted molar refractivity (Wildman–Crippen MR) is 84.7 cm³/mol. The molecule has 0 radical (unpaired) electrons. The number of benzene rings is 2. The van der Waals surface area contributed by atoms with Crippen molar-refractivity contribution in [3.05, 3.63) is 65.7 Å². The van der Waals surface area contributed by atoms with Gasteiger partial charge >= 0.3 is 0 Å². The van der Waals surface area contributed by atoms with Gasteiger partial charge in [0.05, 0.1) is 6.61 Å². The summed E-state index contributed by atoms with van der Waals surface area (Å²) in [6.07, 6.45) is -4.92. The topological polar surface area (TPSA) is 96.2 Å². The maximum absolute atomic E-state index is 12.3. The molecule has 126 valence electrons. The van der Waals surface area contributed by atoms with Gasteiger partial charge < -0.3 is 24.8 Å². The largest absolute Gasteiger partial charge is 0.462 e. The normalized spacial score (nSPS) is 26.8. The van der Waals surface area contributed by atoms with Crippen LogP contribution >= 0.6 is 0 Å². The molecule has 6 heteroatoms. The second kappa shape index (κ2) is 7.11. The van der Waals surface area contributed by atoms with Crippen molar-refractivity contribution in [1.82, 2.24) is 0 Å². The fraction of sp³-hybridized carbons (Fsp3) is 0.278. The van der Waals surface area contributed by atoms with Crippen LogP contribution in [0, 0.1) is 0 Å². The molecular formula is C18H18O6. The molecule has 3 N–H and O–H groups in total. The van der Waals surface area contributed by atoms with Crippen LogP contribution in [0.25, 0.3) is 0 Å². The number of ketones is 1. The van der Waals surface area contributed by atoms with Gasteiger partial charge in [0.1, 0.15) is 24.1 Å². The number of carbonyl (C=O) groups excluding carboxylic acids is 1. The summed E-state index contributed by atoms with van der Waals surface area (Å²) in [5.41, 5.74) is 1.10. The first-order valence-corrected chi connectivity index (χ1v) is 7.58. The monoisotopic (exact) mass is 330 g/mol. The van der Waals surface area contributed by atoms with Gasteiger partial charge in [-0.25, -0.2) is 0 Å². The summed E-state index contributed by atoms with van der Waals surface area (Å²) in [5, 5.41) is 28.9. The smallest absolute Gasteiger partial charge is 0.228 e. The van der Waals surface area contributed by atoms with Crippen LogP contribution in [0.15, 0.2) is 54.6 Å². The van der Waals surface area contributed by atoms with Gasteiger partial charge in [-0.1, -0.05) is 30.3 Å². The van der Waals surface area contributed by atoms with E-state index in [1.54, 1.807) is 48.5 Å². The highest BCUT2D eigenvalue weighted by atomic mass is 16.7. The van der Waals surface area contributed by atoms with E-state index in [-0.39, 0.29) is 12.4 Å². The summed E-state index contributed by atoms with van der Waals surface area (Å²) in [6.45, 7) is -0.131. The van der Waals surface area contributed by atoms with Crippen molar-refractivity contribution in [3.8, 4) is 5.75 Å². The van der Waals surface area contributed by atoms with Crippen molar-refractivity contribution in [1.29, 1.82) is 0 Å². The maximum atomic E-state index is 12.3. The molecule has 2 aromatic carbocycles. The van der Waals surface area contributed by atoms with Crippen LogP contribution in [0.1, 0.15) is 15.9 Å². The standard InChI is InChI=1S/C18H18O6/c19-14-10-23-18(17(22)16(14)21)24-13-8-6-12(7-9-13)15(20)11-4-2-1-3-5-11/h1-9,14,16-19,21-22H,10H2/t14-,16+,17-,18+/m1/s1. The average molecular weight is 330 g/mol. The molecule has 24 heavy (non-hydrogen) atoms. The molecule has 0 aliphatic carbocycles. The highest BCUT2D eigenvalue weighted by molar-refractivity contribution is 6.08. The third-order valence-corrected chi connectivity index (χ3v) is 3.86. The van der Waals surface area contributed by atoms with Gasteiger partial charge in [0.15, 0.2) is 5.78 Å². The number of ether oxygens (including phenoxy) is 2. The maximum Gasteiger partial charge on any atom is 0.228 e. The third-order valence-electron chi connectivity index (χ3n) is 3.86. The van der Waals surface area contributed by atoms with Crippen LogP contribution < -0.4 is 4.74 Å². The second-order valence-electron chi connectivity index (χ2n) is 5.59. The van der Waals surface area contributed by atoms with E-state index in [0.717, 1.165) is 0 Å². The third kappa shape index (κ3) is 3.47. The van der Waals surface area contributed by atoms with Crippen molar-refractivity contribution in [2.24, 2.45) is 0 Å². The van der Waals surface area contributed by atoms with E-state index in [1.165, 1.54) is 0 Å². The SMILES string of the molecule is O=C(c1ccccc1)c1ccc(O[C@@H]2OC[C@@H](O)[C@H](O)[C@H]2O)cc1. The zero-order valence-electron chi connectivity index (χ0n) is 12.8. The number of carbonyl (C=O) groups is 1. The molecule has 1 saturated heterocycles. The fourth-order valence-electron chi connectivity index (χ4n) is 2.46. The first-order valence-electron chi connectivity index (χ1n) is 7.58. The molecule has 0 saturated carbocycles. The number of aliphatic hydroxyl groups is 3. The first kappa shape index (κ1) is 16.6. The van der Waals surface area contributed by atoms with E-state index < -0.39 is 24.6 Å². The molecule has 0 unspecified atom stereocenters. The molecule has 1 aliphatic heterocycles. The minimum absolute atomic E-state index is 0.102. The summed E-state index contributed by atoms with van der Waals surface area (Å²) in [5.74, 6) is 0.280. The van der Waals surface area contributed by atoms with Gasteiger partial charge in [-0.2, -0.15) is 0 Å². The lowest BCUT2D eigenvalue weighted by Gasteiger charge is -2.34. The quantitative estimate of drug-likeness (QED) is 0.716. The van der Waals surface area contributed by atoms with Gasteiger partial charge in [0.2, 0.25) is 6.29 Å². The van der Waals surface area contributed by atoms with Gasteiger partial charge in [-0.3, -0.25) is 4.79 Å². The zero-order chi connectivity index (χ0) is 17.1. The van der Waals surface area contributed by atoms with Crippen molar-refractivity contribution in [3.63, 3.8) is 0 Å². The van der Waals surface area contributed by atoms with Gasteiger partial charge in [0, 0.05) is 11.1 Å². The predicted octanol–water partition coefficient (Wildman–Crippen LogP) is 0.735. The number of hydrogen-bond acceptors (Lipinski definition) is 6. The van der Waals surface area contributed by atoms with Crippen LogP contribution in [0.2, 0.25) is 0 Å². The average Bonchev–Trinajstić information content (AvgIpc) is 2.63. The van der Waals surface area contributed by atoms with E-state index in [1.807, 2.05) is 6.07 Å². The summed E-state index contributed by atoms with van der Waals surface area (Å²) in [4.78, 5) is 12.3. The molecule has 2 aromatic rings.